The van der Waals surface area contributed by atoms with Gasteiger partial charge >= 0.3 is 0 Å². The van der Waals surface area contributed by atoms with Crippen LogP contribution in [0.4, 0.5) is 0 Å². The standard InChI is InChI=1S/C20H16Cl2.CH3.Zr/c21-19-15(11-13-5-1-3-7-17(13)19)9-10-16-12-14-6-2-4-8-18(14)20(16)22;;/h1-8,11-12,19-20H,9-10H2;1H3;/q;-1;. The summed E-state index contributed by atoms with van der Waals surface area (Å²) in [6, 6.07) is 16.7. The van der Waals surface area contributed by atoms with E-state index in [4.69, 9.17) is 23.2 Å². The van der Waals surface area contributed by atoms with Crippen LogP contribution in [0.1, 0.15) is 45.8 Å². The van der Waals surface area contributed by atoms with Crippen LogP contribution in [-0.2, 0) is 26.2 Å². The minimum Gasteiger partial charge on any atom is -0.358 e. The third-order valence-corrected chi connectivity index (χ3v) is 5.60. The fraction of sp³-hybridized carbons (Fsp3) is 0.190. The van der Waals surface area contributed by atoms with Crippen molar-refractivity contribution in [3.63, 3.8) is 0 Å². The molecule has 2 aliphatic carbocycles. The predicted molar refractivity (Wildman–Crippen MR) is 102 cm³/mol. The summed E-state index contributed by atoms with van der Waals surface area (Å²) in [4.78, 5) is 0. The maximum atomic E-state index is 6.60. The van der Waals surface area contributed by atoms with Crippen molar-refractivity contribution in [1.82, 2.24) is 0 Å². The summed E-state index contributed by atoms with van der Waals surface area (Å²) in [6.07, 6.45) is 6.40. The van der Waals surface area contributed by atoms with Crippen molar-refractivity contribution < 1.29 is 26.2 Å². The Bertz CT molecular complexity index is 724. The maximum Gasteiger partial charge on any atom is 0.0804 e. The number of alkyl halides is 2. The summed E-state index contributed by atoms with van der Waals surface area (Å²) in [6.45, 7) is 0. The van der Waals surface area contributed by atoms with Crippen LogP contribution >= 0.6 is 23.2 Å². The summed E-state index contributed by atoms with van der Waals surface area (Å²) in [5.74, 6) is 0. The van der Waals surface area contributed by atoms with Gasteiger partial charge in [0.1, 0.15) is 0 Å². The Hall–Kier alpha value is -0.617. The van der Waals surface area contributed by atoms with E-state index >= 15 is 0 Å². The number of hydrogen-bond donors (Lipinski definition) is 0. The van der Waals surface area contributed by atoms with Crippen molar-refractivity contribution in [2.45, 2.75) is 23.6 Å². The van der Waals surface area contributed by atoms with E-state index < -0.39 is 0 Å². The maximum absolute atomic E-state index is 6.60. The molecule has 24 heavy (non-hydrogen) atoms. The van der Waals surface area contributed by atoms with E-state index in [9.17, 15) is 0 Å². The minimum absolute atomic E-state index is 0. The molecule has 2 atom stereocenters. The molecule has 0 aliphatic heterocycles. The van der Waals surface area contributed by atoms with Crippen LogP contribution in [0.15, 0.2) is 59.7 Å². The second-order valence-corrected chi connectivity index (χ2v) is 6.79. The van der Waals surface area contributed by atoms with Gasteiger partial charge in [-0.25, -0.2) is 0 Å². The SMILES string of the molecule is ClC1C(CCC2=Cc3ccccc3C2Cl)=Cc2ccccc21.[CH3-].[Zr]. The van der Waals surface area contributed by atoms with E-state index in [1.807, 2.05) is 0 Å². The van der Waals surface area contributed by atoms with Crippen LogP contribution in [0.2, 0.25) is 0 Å². The van der Waals surface area contributed by atoms with Crippen LogP contribution in [0, 0.1) is 7.43 Å². The van der Waals surface area contributed by atoms with Crippen molar-refractivity contribution in [1.29, 1.82) is 0 Å². The van der Waals surface area contributed by atoms with Gasteiger partial charge in [0, 0.05) is 26.2 Å². The number of benzene rings is 2. The number of rotatable bonds is 3. The van der Waals surface area contributed by atoms with Crippen LogP contribution in [-0.4, -0.2) is 0 Å². The van der Waals surface area contributed by atoms with Gasteiger partial charge in [0.25, 0.3) is 0 Å². The zero-order valence-electron chi connectivity index (χ0n) is 13.6. The zero-order valence-corrected chi connectivity index (χ0v) is 17.6. The molecule has 2 aliphatic rings. The van der Waals surface area contributed by atoms with Gasteiger partial charge in [-0.2, -0.15) is 0 Å². The fourth-order valence-corrected chi connectivity index (χ4v) is 4.12. The monoisotopic (exact) mass is 431 g/mol. The van der Waals surface area contributed by atoms with Crippen molar-refractivity contribution in [3.05, 3.63) is 89.4 Å². The van der Waals surface area contributed by atoms with Crippen molar-refractivity contribution in [2.75, 3.05) is 0 Å². The zero-order chi connectivity index (χ0) is 15.1. The third kappa shape index (κ3) is 3.50. The number of hydrogen-bond acceptors (Lipinski definition) is 0. The topological polar surface area (TPSA) is 0 Å². The largest absolute Gasteiger partial charge is 0.358 e. The Kier molecular flexibility index (Phi) is 6.71. The van der Waals surface area contributed by atoms with Crippen LogP contribution < -0.4 is 0 Å². The van der Waals surface area contributed by atoms with Gasteiger partial charge in [0.15, 0.2) is 0 Å². The molecule has 0 aromatic heterocycles. The average molecular weight is 434 g/mol. The van der Waals surface area contributed by atoms with Crippen LogP contribution in [0.5, 0.6) is 0 Å². The molecular weight excluding hydrogens is 414 g/mol. The molecule has 4 rings (SSSR count). The number of halogens is 2. The average Bonchev–Trinajstić information content (AvgIpc) is 3.04. The molecule has 2 aromatic rings. The Morgan fingerprint density at radius 1 is 0.667 bits per heavy atom. The van der Waals surface area contributed by atoms with Crippen molar-refractivity contribution in [2.24, 2.45) is 0 Å². The third-order valence-electron chi connectivity index (χ3n) is 4.57. The first-order valence-corrected chi connectivity index (χ1v) is 8.48. The van der Waals surface area contributed by atoms with Gasteiger partial charge in [0.05, 0.1) is 10.8 Å². The summed E-state index contributed by atoms with van der Waals surface area (Å²) >= 11 is 13.2. The first-order valence-electron chi connectivity index (χ1n) is 7.61. The number of fused-ring (bicyclic) bond motifs is 2. The van der Waals surface area contributed by atoms with Crippen molar-refractivity contribution in [3.8, 4) is 0 Å². The molecule has 3 heteroatoms. The Labute approximate surface area is 173 Å². The summed E-state index contributed by atoms with van der Waals surface area (Å²) in [5, 5.41) is 0.0173. The van der Waals surface area contributed by atoms with Gasteiger partial charge in [-0.1, -0.05) is 60.7 Å². The molecule has 0 bridgehead atoms. The molecule has 0 amide bonds. The van der Waals surface area contributed by atoms with E-state index in [-0.39, 0.29) is 44.4 Å². The summed E-state index contributed by atoms with van der Waals surface area (Å²) in [5.41, 5.74) is 7.55. The summed E-state index contributed by atoms with van der Waals surface area (Å²) < 4.78 is 0. The van der Waals surface area contributed by atoms with E-state index in [0.29, 0.717) is 0 Å². The quantitative estimate of drug-likeness (QED) is 0.362. The van der Waals surface area contributed by atoms with E-state index in [2.05, 4.69) is 60.7 Å². The molecule has 2 aromatic carbocycles. The Balaban J connectivity index is 0.00000104. The molecule has 0 spiro atoms. The smallest absolute Gasteiger partial charge is 0.0804 e. The fourth-order valence-electron chi connectivity index (χ4n) is 3.38. The Morgan fingerprint density at radius 2 is 1.04 bits per heavy atom. The molecule has 0 fully saturated rings. The van der Waals surface area contributed by atoms with E-state index in [0.717, 1.165) is 12.8 Å². The van der Waals surface area contributed by atoms with Crippen LogP contribution in [0.25, 0.3) is 12.2 Å². The molecule has 0 heterocycles. The second kappa shape index (κ2) is 8.17. The van der Waals surface area contributed by atoms with Gasteiger partial charge in [-0.3, -0.25) is 0 Å². The van der Waals surface area contributed by atoms with E-state index in [1.54, 1.807) is 0 Å². The Morgan fingerprint density at radius 3 is 1.42 bits per heavy atom. The molecular formula is C21H19Cl2Zr-. The summed E-state index contributed by atoms with van der Waals surface area (Å²) in [7, 11) is 0. The molecule has 122 valence electrons. The first kappa shape index (κ1) is 19.7. The normalized spacial score (nSPS) is 20.2. The van der Waals surface area contributed by atoms with Gasteiger partial charge in [0.2, 0.25) is 0 Å². The molecule has 0 radical (unpaired) electrons. The second-order valence-electron chi connectivity index (χ2n) is 5.92. The van der Waals surface area contributed by atoms with Crippen molar-refractivity contribution >= 4 is 35.4 Å². The van der Waals surface area contributed by atoms with Crippen LogP contribution in [0.3, 0.4) is 0 Å². The first-order chi connectivity index (χ1) is 10.7. The number of allylic oxidation sites excluding steroid dienone is 2. The molecule has 0 N–H and O–H groups in total. The van der Waals surface area contributed by atoms with Gasteiger partial charge in [-0.15, -0.1) is 23.2 Å². The minimum atomic E-state index is 0. The molecule has 0 saturated heterocycles. The predicted octanol–water partition coefficient (Wildman–Crippen LogP) is 6.97. The molecule has 0 saturated carbocycles. The van der Waals surface area contributed by atoms with Gasteiger partial charge in [-0.05, 0) is 46.2 Å². The van der Waals surface area contributed by atoms with Gasteiger partial charge < -0.3 is 7.43 Å². The van der Waals surface area contributed by atoms with E-state index in [1.165, 1.54) is 33.4 Å². The molecule has 0 nitrogen and oxygen atoms in total. The molecule has 2 unspecified atom stereocenters.